The van der Waals surface area contributed by atoms with Gasteiger partial charge in [0.25, 0.3) is 5.69 Å². The number of hydrogen-bond acceptors (Lipinski definition) is 13. The maximum Gasteiger partial charge on any atom is 0.269 e. The van der Waals surface area contributed by atoms with E-state index in [1.165, 1.54) is 38.1 Å². The number of aliphatic hydroxyl groups is 5. The number of nitrogens with zero attached hydrogens (tertiary/aromatic N) is 1. The molecule has 0 aromatic heterocycles. The first kappa shape index (κ1) is 29.6. The summed E-state index contributed by atoms with van der Waals surface area (Å²) in [5, 5.41) is 67.1. The highest BCUT2D eigenvalue weighted by atomic mass is 16.7. The molecule has 0 unspecified atom stereocenters. The summed E-state index contributed by atoms with van der Waals surface area (Å²) in [5.74, 6) is -1.03. The van der Waals surface area contributed by atoms with E-state index in [1.807, 2.05) is 0 Å². The van der Waals surface area contributed by atoms with Crippen LogP contribution in [-0.4, -0.2) is 117 Å². The van der Waals surface area contributed by atoms with Crippen molar-refractivity contribution in [3.8, 4) is 5.75 Å². The summed E-state index contributed by atoms with van der Waals surface area (Å²) in [6.07, 6.45) is -11.7. The molecule has 212 valence electrons. The highest BCUT2D eigenvalue weighted by molar-refractivity contribution is 5.73. The van der Waals surface area contributed by atoms with Crippen LogP contribution in [0.2, 0.25) is 0 Å². The first-order valence-corrected chi connectivity index (χ1v) is 11.6. The van der Waals surface area contributed by atoms with Gasteiger partial charge in [0.05, 0.1) is 18.1 Å². The van der Waals surface area contributed by atoms with E-state index in [0.29, 0.717) is 0 Å². The van der Waals surface area contributed by atoms with Gasteiger partial charge < -0.3 is 55.1 Å². The lowest BCUT2D eigenvalue weighted by molar-refractivity contribution is -0.384. The Morgan fingerprint density at radius 3 is 1.89 bits per heavy atom. The third-order valence-corrected chi connectivity index (χ3v) is 6.05. The maximum absolute atomic E-state index is 11.7. The van der Waals surface area contributed by atoms with Crippen molar-refractivity contribution < 1.29 is 59.0 Å². The molecule has 1 aromatic rings. The number of benzene rings is 1. The molecular formula is C22H31N3O13. The lowest BCUT2D eigenvalue weighted by Crippen LogP contribution is -2.67. The van der Waals surface area contributed by atoms with Gasteiger partial charge >= 0.3 is 0 Å². The molecular weight excluding hydrogens is 514 g/mol. The van der Waals surface area contributed by atoms with Crippen LogP contribution in [0, 0.1) is 10.1 Å². The molecule has 16 nitrogen and oxygen atoms in total. The molecule has 0 aliphatic carbocycles. The SMILES string of the molecule is CC(=O)N[C@H]1[C@@H](Oc2ccc([N+](=O)[O-])cc2)O[C@H](CO[C@H]2O[C@H](CO)[C@@H](O)[C@H](O)[C@H]2NC(C)=O)[C@H](O)[C@@H]1O. The number of nitro groups is 1. The Balaban J connectivity index is 1.77. The molecule has 16 heteroatoms. The number of non-ortho nitro benzene ring substituents is 1. The van der Waals surface area contributed by atoms with Gasteiger partial charge in [-0.3, -0.25) is 19.7 Å². The largest absolute Gasteiger partial charge is 0.463 e. The van der Waals surface area contributed by atoms with Gasteiger partial charge in [0.1, 0.15) is 54.5 Å². The standard InChI is InChI=1S/C22H31N3O13/c1-9(27)23-15-19(31)17(29)13(7-26)37-21(15)35-8-14-18(30)20(32)16(24-10(2)28)22(38-14)36-12-5-3-11(4-6-12)25(33)34/h3-6,13-22,26,29-32H,7-8H2,1-2H3,(H,23,27)(H,24,28)/t13-,14-,15-,16-,17-,18+,19-,20-,21+,22+/m1/s1. The highest BCUT2D eigenvalue weighted by Gasteiger charge is 2.49. The lowest BCUT2D eigenvalue weighted by atomic mass is 9.96. The Labute approximate surface area is 216 Å². The monoisotopic (exact) mass is 545 g/mol. The fraction of sp³-hybridized carbons (Fsp3) is 0.636. The van der Waals surface area contributed by atoms with Crippen LogP contribution in [0.3, 0.4) is 0 Å². The number of rotatable bonds is 9. The van der Waals surface area contributed by atoms with Gasteiger partial charge in [-0.1, -0.05) is 0 Å². The minimum Gasteiger partial charge on any atom is -0.463 e. The summed E-state index contributed by atoms with van der Waals surface area (Å²) >= 11 is 0. The van der Waals surface area contributed by atoms with Crippen LogP contribution in [0.1, 0.15) is 13.8 Å². The van der Waals surface area contributed by atoms with Gasteiger partial charge in [-0.05, 0) is 12.1 Å². The Kier molecular flexibility index (Phi) is 9.91. The predicted octanol–water partition coefficient (Wildman–Crippen LogP) is -3.11. The zero-order valence-corrected chi connectivity index (χ0v) is 20.4. The second-order valence-corrected chi connectivity index (χ2v) is 8.89. The van der Waals surface area contributed by atoms with Crippen LogP contribution < -0.4 is 15.4 Å². The van der Waals surface area contributed by atoms with Crippen molar-refractivity contribution in [2.75, 3.05) is 13.2 Å². The molecule has 0 spiro atoms. The fourth-order valence-electron chi connectivity index (χ4n) is 4.14. The minimum absolute atomic E-state index is 0.100. The Morgan fingerprint density at radius 1 is 0.895 bits per heavy atom. The second kappa shape index (κ2) is 12.7. The topological polar surface area (TPSA) is 239 Å². The molecule has 0 saturated carbocycles. The Bertz CT molecular complexity index is 980. The third-order valence-electron chi connectivity index (χ3n) is 6.05. The molecule has 0 bridgehead atoms. The van der Waals surface area contributed by atoms with Crippen molar-refractivity contribution in [2.45, 2.75) is 75.1 Å². The summed E-state index contributed by atoms with van der Waals surface area (Å²) in [4.78, 5) is 33.6. The first-order chi connectivity index (χ1) is 17.9. The lowest BCUT2D eigenvalue weighted by Gasteiger charge is -2.44. The molecule has 2 aliphatic rings. The van der Waals surface area contributed by atoms with Crippen LogP contribution in [0.25, 0.3) is 0 Å². The minimum atomic E-state index is -1.62. The van der Waals surface area contributed by atoms with Crippen molar-refractivity contribution in [1.82, 2.24) is 10.6 Å². The summed E-state index contributed by atoms with van der Waals surface area (Å²) < 4.78 is 22.6. The molecule has 0 radical (unpaired) electrons. The van der Waals surface area contributed by atoms with Gasteiger partial charge in [-0.15, -0.1) is 0 Å². The maximum atomic E-state index is 11.7. The number of aliphatic hydroxyl groups excluding tert-OH is 5. The van der Waals surface area contributed by atoms with Crippen LogP contribution >= 0.6 is 0 Å². The number of nitro benzene ring substituents is 1. The molecule has 7 N–H and O–H groups in total. The van der Waals surface area contributed by atoms with Crippen LogP contribution in [0.15, 0.2) is 24.3 Å². The number of hydrogen-bond donors (Lipinski definition) is 7. The van der Waals surface area contributed by atoms with Gasteiger partial charge in [0.2, 0.25) is 18.1 Å². The molecule has 2 amide bonds. The van der Waals surface area contributed by atoms with E-state index in [1.54, 1.807) is 0 Å². The molecule has 2 heterocycles. The van der Waals surface area contributed by atoms with Crippen LogP contribution in [-0.2, 0) is 23.8 Å². The van der Waals surface area contributed by atoms with E-state index < -0.39 is 91.2 Å². The van der Waals surface area contributed by atoms with Gasteiger partial charge in [-0.2, -0.15) is 0 Å². The third kappa shape index (κ3) is 6.91. The number of carbonyl (C=O) groups excluding carboxylic acids is 2. The average molecular weight is 545 g/mol. The molecule has 10 atom stereocenters. The second-order valence-electron chi connectivity index (χ2n) is 8.89. The van der Waals surface area contributed by atoms with E-state index in [2.05, 4.69) is 10.6 Å². The molecule has 2 saturated heterocycles. The van der Waals surface area contributed by atoms with Crippen LogP contribution in [0.4, 0.5) is 5.69 Å². The van der Waals surface area contributed by atoms with Gasteiger partial charge in [0.15, 0.2) is 6.29 Å². The van der Waals surface area contributed by atoms with Gasteiger partial charge in [-0.25, -0.2) is 0 Å². The molecule has 38 heavy (non-hydrogen) atoms. The number of ether oxygens (including phenoxy) is 4. The van der Waals surface area contributed by atoms with E-state index in [4.69, 9.17) is 18.9 Å². The van der Waals surface area contributed by atoms with E-state index >= 15 is 0 Å². The normalized spacial score (nSPS) is 35.2. The van der Waals surface area contributed by atoms with Crippen LogP contribution in [0.5, 0.6) is 5.75 Å². The Hall–Kier alpha value is -2.96. The highest BCUT2D eigenvalue weighted by Crippen LogP contribution is 2.28. The summed E-state index contributed by atoms with van der Waals surface area (Å²) in [7, 11) is 0. The summed E-state index contributed by atoms with van der Waals surface area (Å²) in [5.41, 5.74) is -0.197. The number of amides is 2. The zero-order chi connectivity index (χ0) is 28.1. The predicted molar refractivity (Wildman–Crippen MR) is 123 cm³/mol. The molecule has 1 aromatic carbocycles. The van der Waals surface area contributed by atoms with Crippen molar-refractivity contribution >= 4 is 17.5 Å². The Morgan fingerprint density at radius 2 is 1.39 bits per heavy atom. The first-order valence-electron chi connectivity index (χ1n) is 11.6. The summed E-state index contributed by atoms with van der Waals surface area (Å²) in [6.45, 7) is 1.18. The van der Waals surface area contributed by atoms with E-state index in [-0.39, 0.29) is 11.4 Å². The quantitative estimate of drug-likeness (QED) is 0.120. The smallest absolute Gasteiger partial charge is 0.269 e. The molecule has 2 fully saturated rings. The van der Waals surface area contributed by atoms with Gasteiger partial charge in [0, 0.05) is 26.0 Å². The molecule has 2 aliphatic heterocycles. The average Bonchev–Trinajstić information content (AvgIpc) is 2.86. The zero-order valence-electron chi connectivity index (χ0n) is 20.4. The van der Waals surface area contributed by atoms with Crippen molar-refractivity contribution in [1.29, 1.82) is 0 Å². The van der Waals surface area contributed by atoms with E-state index in [9.17, 15) is 45.2 Å². The fourth-order valence-corrected chi connectivity index (χ4v) is 4.14. The van der Waals surface area contributed by atoms with Crippen molar-refractivity contribution in [3.63, 3.8) is 0 Å². The molecule has 3 rings (SSSR count). The number of carbonyl (C=O) groups is 2. The van der Waals surface area contributed by atoms with Crippen molar-refractivity contribution in [2.24, 2.45) is 0 Å². The summed E-state index contributed by atoms with van der Waals surface area (Å²) in [6, 6.07) is 2.42. The number of nitrogens with one attached hydrogen (secondary N) is 2. The van der Waals surface area contributed by atoms with Crippen molar-refractivity contribution in [3.05, 3.63) is 34.4 Å². The van der Waals surface area contributed by atoms with E-state index in [0.717, 1.165) is 0 Å².